The molecule has 0 saturated heterocycles. The Bertz CT molecular complexity index is 279. The van der Waals surface area contributed by atoms with Gasteiger partial charge in [0.2, 0.25) is 0 Å². The van der Waals surface area contributed by atoms with Crippen molar-refractivity contribution in [2.45, 2.75) is 32.6 Å². The molecule has 0 unspecified atom stereocenters. The van der Waals surface area contributed by atoms with Crippen LogP contribution in [0.3, 0.4) is 0 Å². The number of benzene rings is 1. The van der Waals surface area contributed by atoms with E-state index in [1.807, 2.05) is 0 Å². The minimum Gasteiger partial charge on any atom is -0.505 e. The second kappa shape index (κ2) is 4.26. The van der Waals surface area contributed by atoms with Crippen molar-refractivity contribution in [2.24, 2.45) is 0 Å². The molecule has 1 nitrogen and oxygen atoms in total. The van der Waals surface area contributed by atoms with E-state index in [-0.39, 0.29) is 5.75 Å². The van der Waals surface area contributed by atoms with Crippen LogP contribution >= 0.6 is 0 Å². The van der Waals surface area contributed by atoms with Crippen LogP contribution in [-0.2, 0) is 0 Å². The molecule has 1 aromatic rings. The molecule has 0 aromatic heterocycles. The highest BCUT2D eigenvalue weighted by Crippen LogP contribution is 2.26. The Kier molecular flexibility index (Phi) is 3.29. The summed E-state index contributed by atoms with van der Waals surface area (Å²) in [7, 11) is 0. The Morgan fingerprint density at radius 3 is 2.38 bits per heavy atom. The largest absolute Gasteiger partial charge is 0.505 e. The Balaban J connectivity index is 2.95. The van der Waals surface area contributed by atoms with Crippen molar-refractivity contribution in [2.75, 3.05) is 0 Å². The fraction of sp³-hybridized carbons (Fsp3) is 0.455. The van der Waals surface area contributed by atoms with Gasteiger partial charge in [-0.15, -0.1) is 0 Å². The maximum atomic E-state index is 13.0. The van der Waals surface area contributed by atoms with Gasteiger partial charge in [0.15, 0.2) is 11.6 Å². The van der Waals surface area contributed by atoms with Gasteiger partial charge in [-0.05, 0) is 36.5 Å². The second-order valence-electron chi connectivity index (χ2n) is 3.22. The molecule has 0 fully saturated rings. The zero-order valence-electron chi connectivity index (χ0n) is 8.05. The lowest BCUT2D eigenvalue weighted by atomic mass is 9.94. The molecule has 0 radical (unpaired) electrons. The van der Waals surface area contributed by atoms with Gasteiger partial charge in [0.1, 0.15) is 0 Å². The summed E-state index contributed by atoms with van der Waals surface area (Å²) in [6.07, 6.45) is 2.00. The first-order valence-corrected chi connectivity index (χ1v) is 4.67. The fourth-order valence-corrected chi connectivity index (χ4v) is 1.54. The van der Waals surface area contributed by atoms with E-state index < -0.39 is 5.82 Å². The second-order valence-corrected chi connectivity index (χ2v) is 3.22. The van der Waals surface area contributed by atoms with Crippen LogP contribution in [-0.4, -0.2) is 5.11 Å². The van der Waals surface area contributed by atoms with E-state index in [4.69, 9.17) is 5.11 Å². The van der Waals surface area contributed by atoms with Crippen molar-refractivity contribution in [3.8, 4) is 5.75 Å². The van der Waals surface area contributed by atoms with Gasteiger partial charge in [-0.3, -0.25) is 0 Å². The maximum absolute atomic E-state index is 13.0. The standard InChI is InChI=1S/C11H15FO/c1-3-8(4-2)9-5-6-11(13)10(12)7-9/h5-8,13H,3-4H2,1-2H3. The molecule has 2 heteroatoms. The Morgan fingerprint density at radius 2 is 1.92 bits per heavy atom. The monoisotopic (exact) mass is 182 g/mol. The van der Waals surface area contributed by atoms with Gasteiger partial charge in [0.25, 0.3) is 0 Å². The normalized spacial score (nSPS) is 10.8. The number of rotatable bonds is 3. The van der Waals surface area contributed by atoms with Crippen molar-refractivity contribution in [1.82, 2.24) is 0 Å². The molecule has 1 N–H and O–H groups in total. The topological polar surface area (TPSA) is 20.2 Å². The lowest BCUT2D eigenvalue weighted by molar-refractivity contribution is 0.431. The molecule has 0 aliphatic rings. The molecule has 0 aliphatic heterocycles. The third-order valence-corrected chi connectivity index (χ3v) is 2.43. The first-order chi connectivity index (χ1) is 6.19. The van der Waals surface area contributed by atoms with Crippen LogP contribution in [0.1, 0.15) is 38.2 Å². The van der Waals surface area contributed by atoms with E-state index in [1.165, 1.54) is 12.1 Å². The highest BCUT2D eigenvalue weighted by atomic mass is 19.1. The smallest absolute Gasteiger partial charge is 0.165 e. The average molecular weight is 182 g/mol. The number of hydrogen-bond acceptors (Lipinski definition) is 1. The predicted octanol–water partition coefficient (Wildman–Crippen LogP) is 3.43. The zero-order chi connectivity index (χ0) is 9.84. The number of hydrogen-bond donors (Lipinski definition) is 1. The van der Waals surface area contributed by atoms with E-state index in [0.29, 0.717) is 5.92 Å². The molecular weight excluding hydrogens is 167 g/mol. The lowest BCUT2D eigenvalue weighted by Crippen LogP contribution is -1.95. The van der Waals surface area contributed by atoms with Gasteiger partial charge < -0.3 is 5.11 Å². The molecule has 0 spiro atoms. The fourth-order valence-electron chi connectivity index (χ4n) is 1.54. The van der Waals surface area contributed by atoms with Crippen LogP contribution in [0.5, 0.6) is 5.75 Å². The van der Waals surface area contributed by atoms with E-state index in [0.717, 1.165) is 18.4 Å². The third kappa shape index (κ3) is 2.20. The molecule has 0 amide bonds. The van der Waals surface area contributed by atoms with E-state index in [1.54, 1.807) is 6.07 Å². The molecule has 0 aliphatic carbocycles. The number of halogens is 1. The van der Waals surface area contributed by atoms with E-state index in [9.17, 15) is 4.39 Å². The lowest BCUT2D eigenvalue weighted by Gasteiger charge is -2.12. The van der Waals surface area contributed by atoms with Crippen molar-refractivity contribution < 1.29 is 9.50 Å². The molecular formula is C11H15FO. The summed E-state index contributed by atoms with van der Waals surface area (Å²) in [6, 6.07) is 4.63. The highest BCUT2D eigenvalue weighted by molar-refractivity contribution is 5.30. The average Bonchev–Trinajstić information content (AvgIpc) is 2.13. The molecule has 0 heterocycles. The van der Waals surface area contributed by atoms with Crippen molar-refractivity contribution in [1.29, 1.82) is 0 Å². The van der Waals surface area contributed by atoms with Crippen LogP contribution in [0.2, 0.25) is 0 Å². The molecule has 72 valence electrons. The molecule has 0 atom stereocenters. The van der Waals surface area contributed by atoms with Gasteiger partial charge in [-0.1, -0.05) is 19.9 Å². The van der Waals surface area contributed by atoms with Crippen LogP contribution in [0, 0.1) is 5.82 Å². The van der Waals surface area contributed by atoms with Gasteiger partial charge in [0, 0.05) is 0 Å². The van der Waals surface area contributed by atoms with Crippen LogP contribution in [0.15, 0.2) is 18.2 Å². The van der Waals surface area contributed by atoms with Gasteiger partial charge in [0.05, 0.1) is 0 Å². The van der Waals surface area contributed by atoms with Crippen LogP contribution in [0.4, 0.5) is 4.39 Å². The van der Waals surface area contributed by atoms with Crippen LogP contribution in [0.25, 0.3) is 0 Å². The van der Waals surface area contributed by atoms with Gasteiger partial charge in [-0.2, -0.15) is 0 Å². The summed E-state index contributed by atoms with van der Waals surface area (Å²) < 4.78 is 13.0. The quantitative estimate of drug-likeness (QED) is 0.759. The number of aromatic hydroxyl groups is 1. The summed E-state index contributed by atoms with van der Waals surface area (Å²) in [5, 5.41) is 9.00. The molecule has 1 rings (SSSR count). The van der Waals surface area contributed by atoms with Crippen molar-refractivity contribution in [3.05, 3.63) is 29.6 Å². The summed E-state index contributed by atoms with van der Waals surface area (Å²) >= 11 is 0. The summed E-state index contributed by atoms with van der Waals surface area (Å²) in [6.45, 7) is 4.16. The highest BCUT2D eigenvalue weighted by Gasteiger charge is 2.09. The van der Waals surface area contributed by atoms with Gasteiger partial charge >= 0.3 is 0 Å². The molecule has 1 aromatic carbocycles. The number of phenols is 1. The molecule has 13 heavy (non-hydrogen) atoms. The first kappa shape index (κ1) is 10.0. The first-order valence-electron chi connectivity index (χ1n) is 4.67. The van der Waals surface area contributed by atoms with E-state index in [2.05, 4.69) is 13.8 Å². The number of phenolic OH excluding ortho intramolecular Hbond substituents is 1. The van der Waals surface area contributed by atoms with Crippen LogP contribution < -0.4 is 0 Å². The maximum Gasteiger partial charge on any atom is 0.165 e. The van der Waals surface area contributed by atoms with Gasteiger partial charge in [-0.25, -0.2) is 4.39 Å². The van der Waals surface area contributed by atoms with E-state index >= 15 is 0 Å². The third-order valence-electron chi connectivity index (χ3n) is 2.43. The van der Waals surface area contributed by atoms with Crippen molar-refractivity contribution >= 4 is 0 Å². The Morgan fingerprint density at radius 1 is 1.31 bits per heavy atom. The molecule has 0 bridgehead atoms. The zero-order valence-corrected chi connectivity index (χ0v) is 8.05. The predicted molar refractivity (Wildman–Crippen MR) is 51.4 cm³/mol. The minimum atomic E-state index is -0.524. The SMILES string of the molecule is CCC(CC)c1ccc(O)c(F)c1. The Labute approximate surface area is 78.2 Å². The summed E-state index contributed by atoms with van der Waals surface area (Å²) in [4.78, 5) is 0. The minimum absolute atomic E-state index is 0.269. The summed E-state index contributed by atoms with van der Waals surface area (Å²) in [5.41, 5.74) is 0.973. The van der Waals surface area contributed by atoms with Crippen molar-refractivity contribution in [3.63, 3.8) is 0 Å². The molecule has 0 saturated carbocycles. The Hall–Kier alpha value is -1.05. The summed E-state index contributed by atoms with van der Waals surface area (Å²) in [5.74, 6) is -0.394.